The fourth-order valence-corrected chi connectivity index (χ4v) is 2.12. The van der Waals surface area contributed by atoms with E-state index in [1.807, 2.05) is 18.6 Å². The molecule has 1 atom stereocenters. The quantitative estimate of drug-likeness (QED) is 0.865. The highest BCUT2D eigenvalue weighted by atomic mass is 16.5. The van der Waals surface area contributed by atoms with Gasteiger partial charge in [-0.05, 0) is 31.0 Å². The lowest BCUT2D eigenvalue weighted by Gasteiger charge is -2.15. The Kier molecular flexibility index (Phi) is 4.58. The first-order valence-corrected chi connectivity index (χ1v) is 6.51. The number of ether oxygens (including phenoxy) is 1. The van der Waals surface area contributed by atoms with E-state index in [4.69, 9.17) is 4.74 Å². The van der Waals surface area contributed by atoms with Gasteiger partial charge in [0.2, 0.25) is 0 Å². The van der Waals surface area contributed by atoms with E-state index in [2.05, 4.69) is 40.8 Å². The second-order valence-corrected chi connectivity index (χ2v) is 4.85. The number of nitrogens with zero attached hydrogens (tertiary/aromatic N) is 2. The van der Waals surface area contributed by atoms with Gasteiger partial charge in [-0.1, -0.05) is 12.1 Å². The van der Waals surface area contributed by atoms with Crippen LogP contribution in [0.5, 0.6) is 5.75 Å². The summed E-state index contributed by atoms with van der Waals surface area (Å²) in [5, 5.41) is 3.51. The first-order chi connectivity index (χ1) is 9.19. The Balaban J connectivity index is 1.86. The van der Waals surface area contributed by atoms with Gasteiger partial charge >= 0.3 is 0 Å². The van der Waals surface area contributed by atoms with Crippen molar-refractivity contribution in [3.05, 3.63) is 48.0 Å². The maximum atomic E-state index is 5.26. The molecule has 4 nitrogen and oxygen atoms in total. The van der Waals surface area contributed by atoms with Crippen molar-refractivity contribution in [3.8, 4) is 5.75 Å². The number of hydrogen-bond donors (Lipinski definition) is 1. The van der Waals surface area contributed by atoms with E-state index < -0.39 is 0 Å². The average Bonchev–Trinajstić information content (AvgIpc) is 2.89. The summed E-state index contributed by atoms with van der Waals surface area (Å²) in [7, 11) is 1.70. The van der Waals surface area contributed by atoms with Crippen molar-refractivity contribution in [3.63, 3.8) is 0 Å². The summed E-state index contributed by atoms with van der Waals surface area (Å²) in [4.78, 5) is 4.05. The molecular formula is C15H21N3O. The van der Waals surface area contributed by atoms with E-state index in [9.17, 15) is 0 Å². The van der Waals surface area contributed by atoms with Crippen LogP contribution in [0.1, 0.15) is 18.1 Å². The first kappa shape index (κ1) is 13.6. The zero-order chi connectivity index (χ0) is 13.7. The minimum Gasteiger partial charge on any atom is -0.496 e. The van der Waals surface area contributed by atoms with Gasteiger partial charge in [-0.25, -0.2) is 4.98 Å². The molecule has 102 valence electrons. The van der Waals surface area contributed by atoms with Crippen LogP contribution in [-0.2, 0) is 13.1 Å². The largest absolute Gasteiger partial charge is 0.496 e. The maximum Gasteiger partial charge on any atom is 0.121 e. The lowest BCUT2D eigenvalue weighted by Crippen LogP contribution is -2.29. The van der Waals surface area contributed by atoms with E-state index in [1.54, 1.807) is 13.3 Å². The highest BCUT2D eigenvalue weighted by Gasteiger charge is 2.04. The Bertz CT molecular complexity index is 508. The number of aromatic nitrogens is 2. The topological polar surface area (TPSA) is 39.1 Å². The lowest BCUT2D eigenvalue weighted by atomic mass is 10.1. The predicted octanol–water partition coefficient (Wildman–Crippen LogP) is 2.38. The third-order valence-corrected chi connectivity index (χ3v) is 3.16. The molecule has 0 aliphatic rings. The standard InChI is InChI=1S/C15H21N3O/c1-12-8-14(4-5-15(12)19-3)9-17-13(2)10-18-7-6-16-11-18/h4-8,11,13,17H,9-10H2,1-3H3. The molecule has 1 unspecified atom stereocenters. The van der Waals surface area contributed by atoms with Crippen LogP contribution in [-0.4, -0.2) is 22.7 Å². The third-order valence-electron chi connectivity index (χ3n) is 3.16. The summed E-state index contributed by atoms with van der Waals surface area (Å²) in [6.45, 7) is 6.03. The molecule has 0 amide bonds. The van der Waals surface area contributed by atoms with Gasteiger partial charge in [0.15, 0.2) is 0 Å². The van der Waals surface area contributed by atoms with Gasteiger partial charge < -0.3 is 14.6 Å². The molecule has 2 rings (SSSR count). The van der Waals surface area contributed by atoms with Crippen molar-refractivity contribution >= 4 is 0 Å². The summed E-state index contributed by atoms with van der Waals surface area (Å²) in [6.07, 6.45) is 5.63. The summed E-state index contributed by atoms with van der Waals surface area (Å²) >= 11 is 0. The smallest absolute Gasteiger partial charge is 0.121 e. The van der Waals surface area contributed by atoms with Crippen molar-refractivity contribution in [2.24, 2.45) is 0 Å². The normalized spacial score (nSPS) is 12.4. The van der Waals surface area contributed by atoms with Crippen LogP contribution in [0, 0.1) is 6.92 Å². The minimum atomic E-state index is 0.400. The first-order valence-electron chi connectivity index (χ1n) is 6.51. The zero-order valence-electron chi connectivity index (χ0n) is 11.8. The molecule has 1 heterocycles. The van der Waals surface area contributed by atoms with Crippen LogP contribution < -0.4 is 10.1 Å². The van der Waals surface area contributed by atoms with Crippen molar-refractivity contribution < 1.29 is 4.74 Å². The highest BCUT2D eigenvalue weighted by molar-refractivity contribution is 5.36. The monoisotopic (exact) mass is 259 g/mol. The van der Waals surface area contributed by atoms with E-state index in [0.717, 1.165) is 18.8 Å². The van der Waals surface area contributed by atoms with Crippen molar-refractivity contribution in [2.75, 3.05) is 7.11 Å². The molecule has 19 heavy (non-hydrogen) atoms. The van der Waals surface area contributed by atoms with Crippen LogP contribution >= 0.6 is 0 Å². The second-order valence-electron chi connectivity index (χ2n) is 4.85. The second kappa shape index (κ2) is 6.38. The molecule has 2 aromatic rings. The molecule has 0 aliphatic carbocycles. The van der Waals surface area contributed by atoms with Gasteiger partial charge in [0.05, 0.1) is 13.4 Å². The van der Waals surface area contributed by atoms with Gasteiger partial charge in [-0.3, -0.25) is 0 Å². The molecule has 1 aromatic carbocycles. The number of benzene rings is 1. The summed E-state index contributed by atoms with van der Waals surface area (Å²) in [5.41, 5.74) is 2.44. The molecular weight excluding hydrogens is 238 g/mol. The van der Waals surface area contributed by atoms with E-state index in [0.29, 0.717) is 6.04 Å². The lowest BCUT2D eigenvalue weighted by molar-refractivity contribution is 0.411. The Morgan fingerprint density at radius 2 is 2.26 bits per heavy atom. The Hall–Kier alpha value is -1.81. The number of nitrogens with one attached hydrogen (secondary N) is 1. The third kappa shape index (κ3) is 3.83. The zero-order valence-corrected chi connectivity index (χ0v) is 11.8. The fourth-order valence-electron chi connectivity index (χ4n) is 2.12. The summed E-state index contributed by atoms with van der Waals surface area (Å²) in [6, 6.07) is 6.68. The van der Waals surface area contributed by atoms with Crippen molar-refractivity contribution in [1.82, 2.24) is 14.9 Å². The van der Waals surface area contributed by atoms with E-state index in [-0.39, 0.29) is 0 Å². The number of imidazole rings is 1. The number of aryl methyl sites for hydroxylation is 1. The number of methoxy groups -OCH3 is 1. The maximum absolute atomic E-state index is 5.26. The Labute approximate surface area is 114 Å². The molecule has 0 fully saturated rings. The van der Waals surface area contributed by atoms with E-state index >= 15 is 0 Å². The SMILES string of the molecule is COc1ccc(CNC(C)Cn2ccnc2)cc1C. The fraction of sp³-hybridized carbons (Fsp3) is 0.400. The van der Waals surface area contributed by atoms with Gasteiger partial charge in [0.25, 0.3) is 0 Å². The average molecular weight is 259 g/mol. The molecule has 0 spiro atoms. The van der Waals surface area contributed by atoms with Gasteiger partial charge in [-0.2, -0.15) is 0 Å². The Morgan fingerprint density at radius 1 is 1.42 bits per heavy atom. The molecule has 0 radical (unpaired) electrons. The van der Waals surface area contributed by atoms with Crippen LogP contribution in [0.25, 0.3) is 0 Å². The predicted molar refractivity (Wildman–Crippen MR) is 76.3 cm³/mol. The van der Waals surface area contributed by atoms with Crippen LogP contribution in [0.15, 0.2) is 36.9 Å². The van der Waals surface area contributed by atoms with Crippen LogP contribution in [0.3, 0.4) is 0 Å². The molecule has 4 heteroatoms. The van der Waals surface area contributed by atoms with Crippen LogP contribution in [0.4, 0.5) is 0 Å². The van der Waals surface area contributed by atoms with Crippen LogP contribution in [0.2, 0.25) is 0 Å². The molecule has 0 saturated carbocycles. The molecule has 1 N–H and O–H groups in total. The van der Waals surface area contributed by atoms with Gasteiger partial charge in [0, 0.05) is 31.5 Å². The molecule has 1 aromatic heterocycles. The highest BCUT2D eigenvalue weighted by Crippen LogP contribution is 2.18. The van der Waals surface area contributed by atoms with Crippen molar-refractivity contribution in [1.29, 1.82) is 0 Å². The van der Waals surface area contributed by atoms with Crippen molar-refractivity contribution in [2.45, 2.75) is 33.0 Å². The van der Waals surface area contributed by atoms with Gasteiger partial charge in [-0.15, -0.1) is 0 Å². The Morgan fingerprint density at radius 3 is 2.89 bits per heavy atom. The summed E-state index contributed by atoms with van der Waals surface area (Å²) in [5.74, 6) is 0.940. The molecule has 0 saturated heterocycles. The van der Waals surface area contributed by atoms with E-state index in [1.165, 1.54) is 11.1 Å². The molecule has 0 aliphatic heterocycles. The summed E-state index contributed by atoms with van der Waals surface area (Å²) < 4.78 is 7.35. The minimum absolute atomic E-state index is 0.400. The number of rotatable bonds is 6. The number of hydrogen-bond acceptors (Lipinski definition) is 3. The van der Waals surface area contributed by atoms with Gasteiger partial charge in [0.1, 0.15) is 5.75 Å². The molecule has 0 bridgehead atoms.